The summed E-state index contributed by atoms with van der Waals surface area (Å²) in [5.74, 6) is 2.71. The molecule has 0 amide bonds. The lowest BCUT2D eigenvalue weighted by Crippen LogP contribution is -2.45. The third-order valence-corrected chi connectivity index (χ3v) is 4.45. The summed E-state index contributed by atoms with van der Waals surface area (Å²) in [5, 5.41) is 6.96. The Morgan fingerprint density at radius 2 is 1.86 bits per heavy atom. The van der Waals surface area contributed by atoms with Gasteiger partial charge in [-0.15, -0.1) is 0 Å². The van der Waals surface area contributed by atoms with Gasteiger partial charge >= 0.3 is 0 Å². The van der Waals surface area contributed by atoms with Crippen molar-refractivity contribution in [2.45, 2.75) is 45.1 Å². The van der Waals surface area contributed by atoms with E-state index in [4.69, 9.17) is 4.74 Å². The minimum atomic E-state index is 0.573. The van der Waals surface area contributed by atoms with Crippen molar-refractivity contribution in [1.29, 1.82) is 0 Å². The molecule has 0 heterocycles. The fourth-order valence-corrected chi connectivity index (χ4v) is 2.91. The van der Waals surface area contributed by atoms with Crippen LogP contribution in [0.5, 0.6) is 5.75 Å². The van der Waals surface area contributed by atoms with E-state index in [1.807, 2.05) is 19.2 Å². The first-order valence-corrected chi connectivity index (χ1v) is 8.31. The lowest BCUT2D eigenvalue weighted by atomic mass is 9.87. The van der Waals surface area contributed by atoms with Gasteiger partial charge in [0.2, 0.25) is 0 Å². The van der Waals surface area contributed by atoms with Crippen LogP contribution in [0.25, 0.3) is 0 Å². The number of benzene rings is 1. The van der Waals surface area contributed by atoms with Crippen LogP contribution >= 0.6 is 0 Å². The van der Waals surface area contributed by atoms with E-state index in [2.05, 4.69) is 34.7 Å². The summed E-state index contributed by atoms with van der Waals surface area (Å²) in [6.07, 6.45) is 6.12. The van der Waals surface area contributed by atoms with Gasteiger partial charge in [0.25, 0.3) is 0 Å². The lowest BCUT2D eigenvalue weighted by Gasteiger charge is -2.28. The second-order valence-corrected chi connectivity index (χ2v) is 6.20. The number of hydrogen-bond donors (Lipinski definition) is 2. The van der Waals surface area contributed by atoms with E-state index in [1.165, 1.54) is 31.2 Å². The second kappa shape index (κ2) is 8.66. The fourth-order valence-electron chi connectivity index (χ4n) is 2.91. The molecule has 4 heteroatoms. The molecule has 0 atom stereocenters. The average Bonchev–Trinajstić information content (AvgIpc) is 2.56. The van der Waals surface area contributed by atoms with Crippen molar-refractivity contribution in [3.63, 3.8) is 0 Å². The van der Waals surface area contributed by atoms with Gasteiger partial charge in [-0.3, -0.25) is 4.99 Å². The third kappa shape index (κ3) is 5.24. The molecule has 0 aliphatic heterocycles. The normalized spacial score (nSPS) is 22.2. The van der Waals surface area contributed by atoms with E-state index in [0.717, 1.165) is 30.6 Å². The molecule has 1 aliphatic carbocycles. The zero-order valence-corrected chi connectivity index (χ0v) is 14.1. The van der Waals surface area contributed by atoms with E-state index < -0.39 is 0 Å². The number of hydrogen-bond acceptors (Lipinski definition) is 2. The van der Waals surface area contributed by atoms with Crippen LogP contribution in [0.2, 0.25) is 0 Å². The minimum Gasteiger partial charge on any atom is -0.497 e. The minimum absolute atomic E-state index is 0.573. The third-order valence-electron chi connectivity index (χ3n) is 4.45. The van der Waals surface area contributed by atoms with Gasteiger partial charge in [-0.05, 0) is 55.7 Å². The molecule has 0 spiro atoms. The molecule has 0 aromatic heterocycles. The molecule has 1 aromatic rings. The van der Waals surface area contributed by atoms with Crippen LogP contribution < -0.4 is 15.4 Å². The number of aliphatic imine (C=N–C) groups is 1. The van der Waals surface area contributed by atoms with Crippen LogP contribution in [0.4, 0.5) is 0 Å². The van der Waals surface area contributed by atoms with Crippen LogP contribution in [0, 0.1) is 5.92 Å². The van der Waals surface area contributed by atoms with E-state index in [-0.39, 0.29) is 0 Å². The summed E-state index contributed by atoms with van der Waals surface area (Å²) in [4.78, 5) is 4.33. The SMILES string of the molecule is CN=C(NCCc1ccc(OC)cc1)NC1CCC(C)CC1. The molecular formula is C18H29N3O. The molecule has 2 rings (SSSR count). The first kappa shape index (κ1) is 16.7. The van der Waals surface area contributed by atoms with Crippen molar-refractivity contribution in [3.05, 3.63) is 29.8 Å². The quantitative estimate of drug-likeness (QED) is 0.649. The highest BCUT2D eigenvalue weighted by Gasteiger charge is 2.18. The van der Waals surface area contributed by atoms with Gasteiger partial charge in [-0.1, -0.05) is 19.1 Å². The highest BCUT2D eigenvalue weighted by Crippen LogP contribution is 2.23. The molecule has 0 radical (unpaired) electrons. The van der Waals surface area contributed by atoms with Gasteiger partial charge in [0, 0.05) is 19.6 Å². The van der Waals surface area contributed by atoms with Crippen molar-refractivity contribution in [2.24, 2.45) is 10.9 Å². The Kier molecular flexibility index (Phi) is 6.56. The lowest BCUT2D eigenvalue weighted by molar-refractivity contribution is 0.329. The van der Waals surface area contributed by atoms with E-state index in [0.29, 0.717) is 6.04 Å². The monoisotopic (exact) mass is 303 g/mol. The molecule has 2 N–H and O–H groups in total. The number of methoxy groups -OCH3 is 1. The van der Waals surface area contributed by atoms with Gasteiger partial charge in [0.15, 0.2) is 5.96 Å². The van der Waals surface area contributed by atoms with Gasteiger partial charge in [0.05, 0.1) is 7.11 Å². The molecule has 4 nitrogen and oxygen atoms in total. The number of ether oxygens (including phenoxy) is 1. The zero-order chi connectivity index (χ0) is 15.8. The zero-order valence-electron chi connectivity index (χ0n) is 14.1. The summed E-state index contributed by atoms with van der Waals surface area (Å²) in [7, 11) is 3.53. The fraction of sp³-hybridized carbons (Fsp3) is 0.611. The van der Waals surface area contributed by atoms with E-state index in [9.17, 15) is 0 Å². The van der Waals surface area contributed by atoms with Crippen molar-refractivity contribution in [2.75, 3.05) is 20.7 Å². The Morgan fingerprint density at radius 1 is 1.18 bits per heavy atom. The van der Waals surface area contributed by atoms with Crippen LogP contribution in [0.1, 0.15) is 38.2 Å². The van der Waals surface area contributed by atoms with Gasteiger partial charge < -0.3 is 15.4 Å². The molecule has 22 heavy (non-hydrogen) atoms. The van der Waals surface area contributed by atoms with E-state index >= 15 is 0 Å². The van der Waals surface area contributed by atoms with Crippen LogP contribution in [-0.4, -0.2) is 32.7 Å². The topological polar surface area (TPSA) is 45.7 Å². The first-order chi connectivity index (χ1) is 10.7. The van der Waals surface area contributed by atoms with Crippen molar-refractivity contribution < 1.29 is 4.74 Å². The Hall–Kier alpha value is -1.71. The van der Waals surface area contributed by atoms with E-state index in [1.54, 1.807) is 7.11 Å². The van der Waals surface area contributed by atoms with Gasteiger partial charge in [-0.2, -0.15) is 0 Å². The van der Waals surface area contributed by atoms with Gasteiger partial charge in [-0.25, -0.2) is 0 Å². The van der Waals surface area contributed by atoms with Crippen LogP contribution in [-0.2, 0) is 6.42 Å². The second-order valence-electron chi connectivity index (χ2n) is 6.20. The molecular weight excluding hydrogens is 274 g/mol. The standard InChI is InChI=1S/C18H29N3O/c1-14-4-8-16(9-5-14)21-18(19-2)20-13-12-15-6-10-17(22-3)11-7-15/h6-7,10-11,14,16H,4-5,8-9,12-13H2,1-3H3,(H2,19,20,21). The van der Waals surface area contributed by atoms with Crippen molar-refractivity contribution in [1.82, 2.24) is 10.6 Å². The van der Waals surface area contributed by atoms with Crippen molar-refractivity contribution >= 4 is 5.96 Å². The largest absolute Gasteiger partial charge is 0.497 e. The number of nitrogens with zero attached hydrogens (tertiary/aromatic N) is 1. The average molecular weight is 303 g/mol. The van der Waals surface area contributed by atoms with Crippen LogP contribution in [0.3, 0.4) is 0 Å². The molecule has 1 aliphatic rings. The Morgan fingerprint density at radius 3 is 2.45 bits per heavy atom. The first-order valence-electron chi connectivity index (χ1n) is 8.31. The summed E-state index contributed by atoms with van der Waals surface area (Å²) in [5.41, 5.74) is 1.30. The highest BCUT2D eigenvalue weighted by molar-refractivity contribution is 5.79. The summed E-state index contributed by atoms with van der Waals surface area (Å²) in [6, 6.07) is 8.80. The maximum Gasteiger partial charge on any atom is 0.191 e. The molecule has 1 aromatic carbocycles. The molecule has 122 valence electrons. The van der Waals surface area contributed by atoms with Crippen LogP contribution in [0.15, 0.2) is 29.3 Å². The maximum atomic E-state index is 5.18. The summed E-state index contributed by atoms with van der Waals surface area (Å²) >= 11 is 0. The molecule has 1 saturated carbocycles. The Bertz CT molecular complexity index is 462. The van der Waals surface area contributed by atoms with Gasteiger partial charge in [0.1, 0.15) is 5.75 Å². The maximum absolute atomic E-state index is 5.18. The molecule has 0 unspecified atom stereocenters. The molecule has 0 bridgehead atoms. The highest BCUT2D eigenvalue weighted by atomic mass is 16.5. The molecule has 0 saturated heterocycles. The number of rotatable bonds is 5. The summed E-state index contributed by atoms with van der Waals surface area (Å²) < 4.78 is 5.18. The summed E-state index contributed by atoms with van der Waals surface area (Å²) in [6.45, 7) is 3.23. The molecule has 1 fully saturated rings. The predicted octanol–water partition coefficient (Wildman–Crippen LogP) is 2.98. The number of nitrogens with one attached hydrogen (secondary N) is 2. The number of guanidine groups is 1. The Labute approximate surface area is 134 Å². The Balaban J connectivity index is 1.71. The van der Waals surface area contributed by atoms with Crippen molar-refractivity contribution in [3.8, 4) is 5.75 Å². The smallest absolute Gasteiger partial charge is 0.191 e. The predicted molar refractivity (Wildman–Crippen MR) is 92.6 cm³/mol.